The smallest absolute Gasteiger partial charge is 0.255 e. The Balaban J connectivity index is 1.70. The van der Waals surface area contributed by atoms with E-state index in [1.54, 1.807) is 35.2 Å². The van der Waals surface area contributed by atoms with Gasteiger partial charge in [-0.05, 0) is 46.3 Å². The largest absolute Gasteiger partial charge is 0.336 e. The molecule has 1 heterocycles. The fraction of sp³-hybridized carbons (Fsp3) is 0.235. The number of sulfonamides is 1. The van der Waals surface area contributed by atoms with E-state index in [-0.39, 0.29) is 37.0 Å². The van der Waals surface area contributed by atoms with Gasteiger partial charge in [0.25, 0.3) is 5.91 Å². The third-order valence-corrected chi connectivity index (χ3v) is 6.64. The molecule has 2 aromatic rings. The first-order valence-corrected chi connectivity index (χ1v) is 9.92. The summed E-state index contributed by atoms with van der Waals surface area (Å²) in [4.78, 5) is 14.4. The van der Waals surface area contributed by atoms with E-state index < -0.39 is 15.8 Å². The number of nitrogens with zero attached hydrogens (tertiary/aromatic N) is 2. The minimum absolute atomic E-state index is 0.224. The topological polar surface area (TPSA) is 57.7 Å². The average molecular weight is 427 g/mol. The molecule has 0 unspecified atom stereocenters. The summed E-state index contributed by atoms with van der Waals surface area (Å²) in [5.74, 6) is -0.675. The van der Waals surface area contributed by atoms with Gasteiger partial charge in [-0.2, -0.15) is 4.31 Å². The van der Waals surface area contributed by atoms with Gasteiger partial charge in [0, 0.05) is 30.7 Å². The lowest BCUT2D eigenvalue weighted by Gasteiger charge is -2.34. The number of amides is 1. The van der Waals surface area contributed by atoms with Crippen LogP contribution < -0.4 is 0 Å². The van der Waals surface area contributed by atoms with E-state index >= 15 is 0 Å². The van der Waals surface area contributed by atoms with Crippen LogP contribution in [0.4, 0.5) is 4.39 Å². The molecule has 5 nitrogen and oxygen atoms in total. The molecule has 0 aliphatic carbocycles. The fourth-order valence-corrected chi connectivity index (χ4v) is 4.67. The Morgan fingerprint density at radius 3 is 2.24 bits per heavy atom. The zero-order valence-electron chi connectivity index (χ0n) is 13.2. The van der Waals surface area contributed by atoms with Gasteiger partial charge in [0.15, 0.2) is 0 Å². The molecule has 25 heavy (non-hydrogen) atoms. The van der Waals surface area contributed by atoms with Crippen LogP contribution in [0.1, 0.15) is 10.4 Å². The molecule has 0 atom stereocenters. The molecule has 1 aliphatic rings. The molecule has 0 N–H and O–H groups in total. The predicted molar refractivity (Wildman–Crippen MR) is 95.2 cm³/mol. The summed E-state index contributed by atoms with van der Waals surface area (Å²) in [6.07, 6.45) is 0. The van der Waals surface area contributed by atoms with Gasteiger partial charge in [-0.1, -0.05) is 18.2 Å². The van der Waals surface area contributed by atoms with Crippen molar-refractivity contribution in [2.75, 3.05) is 26.2 Å². The Labute approximate surface area is 154 Å². The summed E-state index contributed by atoms with van der Waals surface area (Å²) in [5.41, 5.74) is 0.362. The monoisotopic (exact) mass is 426 g/mol. The van der Waals surface area contributed by atoms with Crippen molar-refractivity contribution in [3.8, 4) is 0 Å². The number of rotatable bonds is 3. The number of carbonyl (C=O) groups is 1. The first-order valence-electron chi connectivity index (χ1n) is 7.69. The van der Waals surface area contributed by atoms with Gasteiger partial charge < -0.3 is 4.90 Å². The number of hydrogen-bond acceptors (Lipinski definition) is 3. The molecule has 0 spiro atoms. The average Bonchev–Trinajstić information content (AvgIpc) is 2.62. The summed E-state index contributed by atoms with van der Waals surface area (Å²) >= 11 is 3.19. The predicted octanol–water partition coefficient (Wildman–Crippen LogP) is 2.73. The lowest BCUT2D eigenvalue weighted by Crippen LogP contribution is -2.50. The molecule has 132 valence electrons. The highest BCUT2D eigenvalue weighted by Gasteiger charge is 2.30. The van der Waals surface area contributed by atoms with Crippen molar-refractivity contribution < 1.29 is 17.6 Å². The maximum absolute atomic E-state index is 13.2. The molecule has 1 fully saturated rings. The normalized spacial score (nSPS) is 16.0. The van der Waals surface area contributed by atoms with Crippen LogP contribution in [0.2, 0.25) is 0 Å². The first-order chi connectivity index (χ1) is 11.9. The van der Waals surface area contributed by atoms with E-state index in [0.29, 0.717) is 10.0 Å². The van der Waals surface area contributed by atoms with E-state index in [1.165, 1.54) is 22.5 Å². The maximum Gasteiger partial charge on any atom is 0.255 e. The number of carbonyl (C=O) groups excluding carboxylic acids is 1. The first kappa shape index (κ1) is 18.0. The SMILES string of the molecule is O=C(c1ccc(F)cc1Br)N1CCN(S(=O)(=O)c2ccccc2)CC1. The second-order valence-corrected chi connectivity index (χ2v) is 8.43. The molecule has 0 aromatic heterocycles. The summed E-state index contributed by atoms with van der Waals surface area (Å²) < 4.78 is 40.1. The van der Waals surface area contributed by atoms with Gasteiger partial charge in [-0.3, -0.25) is 4.79 Å². The van der Waals surface area contributed by atoms with Crippen LogP contribution in [-0.2, 0) is 10.0 Å². The lowest BCUT2D eigenvalue weighted by molar-refractivity contribution is 0.0697. The Morgan fingerprint density at radius 1 is 1.00 bits per heavy atom. The van der Waals surface area contributed by atoms with Crippen molar-refractivity contribution in [1.29, 1.82) is 0 Å². The number of halogens is 2. The Hall–Kier alpha value is -1.77. The number of piperazine rings is 1. The van der Waals surface area contributed by atoms with Crippen molar-refractivity contribution in [1.82, 2.24) is 9.21 Å². The van der Waals surface area contributed by atoms with Gasteiger partial charge in [0.1, 0.15) is 5.82 Å². The van der Waals surface area contributed by atoms with Crippen LogP contribution in [0, 0.1) is 5.82 Å². The molecule has 3 rings (SSSR count). The lowest BCUT2D eigenvalue weighted by atomic mass is 10.2. The van der Waals surface area contributed by atoms with E-state index in [1.807, 2.05) is 0 Å². The second kappa shape index (κ2) is 7.23. The van der Waals surface area contributed by atoms with Gasteiger partial charge >= 0.3 is 0 Å². The summed E-state index contributed by atoms with van der Waals surface area (Å²) in [7, 11) is -3.55. The molecule has 1 saturated heterocycles. The highest BCUT2D eigenvalue weighted by atomic mass is 79.9. The Bertz CT molecular complexity index is 882. The number of hydrogen-bond donors (Lipinski definition) is 0. The van der Waals surface area contributed by atoms with Gasteiger partial charge in [-0.25, -0.2) is 12.8 Å². The van der Waals surface area contributed by atoms with E-state index in [4.69, 9.17) is 0 Å². The summed E-state index contributed by atoms with van der Waals surface area (Å²) in [6, 6.07) is 12.1. The van der Waals surface area contributed by atoms with Crippen molar-refractivity contribution in [2.45, 2.75) is 4.90 Å². The zero-order chi connectivity index (χ0) is 18.0. The molecule has 8 heteroatoms. The van der Waals surface area contributed by atoms with E-state index in [2.05, 4.69) is 15.9 Å². The van der Waals surface area contributed by atoms with Crippen LogP contribution in [0.3, 0.4) is 0 Å². The third-order valence-electron chi connectivity index (χ3n) is 4.07. The molecular weight excluding hydrogens is 411 g/mol. The van der Waals surface area contributed by atoms with Crippen LogP contribution in [-0.4, -0.2) is 49.7 Å². The molecule has 2 aromatic carbocycles. The molecule has 1 aliphatic heterocycles. The van der Waals surface area contributed by atoms with E-state index in [9.17, 15) is 17.6 Å². The minimum Gasteiger partial charge on any atom is -0.336 e. The van der Waals surface area contributed by atoms with Crippen molar-refractivity contribution in [3.63, 3.8) is 0 Å². The summed E-state index contributed by atoms with van der Waals surface area (Å²) in [5, 5.41) is 0. The van der Waals surface area contributed by atoms with Crippen molar-refractivity contribution in [2.24, 2.45) is 0 Å². The van der Waals surface area contributed by atoms with E-state index in [0.717, 1.165) is 0 Å². The van der Waals surface area contributed by atoms with Crippen molar-refractivity contribution in [3.05, 3.63) is 64.4 Å². The van der Waals surface area contributed by atoms with Gasteiger partial charge in [0.05, 0.1) is 10.5 Å². The molecule has 0 radical (unpaired) electrons. The third kappa shape index (κ3) is 3.75. The standard InChI is InChI=1S/C17H16BrFN2O3S/c18-16-12-13(19)6-7-15(16)17(22)20-8-10-21(11-9-20)25(23,24)14-4-2-1-3-5-14/h1-7,12H,8-11H2. The van der Waals surface area contributed by atoms with Crippen LogP contribution in [0.15, 0.2) is 57.9 Å². The summed E-state index contributed by atoms with van der Waals surface area (Å²) in [6.45, 7) is 1.02. The quantitative estimate of drug-likeness (QED) is 0.757. The molecule has 1 amide bonds. The fourth-order valence-electron chi connectivity index (χ4n) is 2.71. The zero-order valence-corrected chi connectivity index (χ0v) is 15.6. The molecular formula is C17H16BrFN2O3S. The minimum atomic E-state index is -3.55. The van der Waals surface area contributed by atoms with Crippen molar-refractivity contribution >= 4 is 31.9 Å². The molecule has 0 saturated carbocycles. The van der Waals surface area contributed by atoms with Gasteiger partial charge in [0.2, 0.25) is 10.0 Å². The Kier molecular flexibility index (Phi) is 5.21. The highest BCUT2D eigenvalue weighted by Crippen LogP contribution is 2.22. The van der Waals surface area contributed by atoms with Crippen LogP contribution >= 0.6 is 15.9 Å². The maximum atomic E-state index is 13.2. The second-order valence-electron chi connectivity index (χ2n) is 5.63. The number of benzene rings is 2. The Morgan fingerprint density at radius 2 is 1.64 bits per heavy atom. The van der Waals surface area contributed by atoms with Gasteiger partial charge in [-0.15, -0.1) is 0 Å². The van der Waals surface area contributed by atoms with Crippen LogP contribution in [0.5, 0.6) is 0 Å². The van der Waals surface area contributed by atoms with Crippen LogP contribution in [0.25, 0.3) is 0 Å². The molecule has 0 bridgehead atoms. The highest BCUT2D eigenvalue weighted by molar-refractivity contribution is 9.10.